The van der Waals surface area contributed by atoms with E-state index in [-0.39, 0.29) is 6.04 Å². The quantitative estimate of drug-likeness (QED) is 0.851. The van der Waals surface area contributed by atoms with E-state index in [0.29, 0.717) is 10.0 Å². The smallest absolute Gasteiger partial charge is 0.0772 e. The van der Waals surface area contributed by atoms with Gasteiger partial charge in [-0.1, -0.05) is 46.7 Å². The molecule has 1 aromatic heterocycles. The van der Waals surface area contributed by atoms with Crippen LogP contribution in [0.3, 0.4) is 0 Å². The van der Waals surface area contributed by atoms with E-state index in [9.17, 15) is 0 Å². The summed E-state index contributed by atoms with van der Waals surface area (Å²) >= 11 is 13.8. The first-order chi connectivity index (χ1) is 9.63. The number of aryl methyl sites for hydroxylation is 1. The van der Waals surface area contributed by atoms with Gasteiger partial charge in [-0.2, -0.15) is 0 Å². The van der Waals surface area contributed by atoms with Crippen molar-refractivity contribution in [2.45, 2.75) is 32.7 Å². The van der Waals surface area contributed by atoms with E-state index in [1.54, 1.807) is 6.07 Å². The van der Waals surface area contributed by atoms with Gasteiger partial charge in [0.1, 0.15) is 0 Å². The van der Waals surface area contributed by atoms with Crippen LogP contribution in [0.2, 0.25) is 10.0 Å². The molecule has 0 saturated heterocycles. The van der Waals surface area contributed by atoms with Crippen LogP contribution in [0.4, 0.5) is 0 Å². The summed E-state index contributed by atoms with van der Waals surface area (Å²) < 4.78 is 4.02. The zero-order valence-electron chi connectivity index (χ0n) is 11.5. The molecule has 108 valence electrons. The third-order valence-corrected chi connectivity index (χ3v) is 4.90. The monoisotopic (exact) mass is 329 g/mol. The summed E-state index contributed by atoms with van der Waals surface area (Å²) in [7, 11) is 0. The minimum absolute atomic E-state index is 0.172. The molecule has 20 heavy (non-hydrogen) atoms. The first-order valence-corrected chi connectivity index (χ1v) is 8.11. The first kappa shape index (κ1) is 15.7. The first-order valence-electron chi connectivity index (χ1n) is 6.58. The van der Waals surface area contributed by atoms with Crippen LogP contribution >= 0.6 is 34.7 Å². The molecule has 2 rings (SSSR count). The van der Waals surface area contributed by atoms with Crippen molar-refractivity contribution in [1.82, 2.24) is 14.9 Å². The zero-order chi connectivity index (χ0) is 14.5. The molecular formula is C14H17Cl2N3S. The molecule has 0 spiro atoms. The topological polar surface area (TPSA) is 37.8 Å². The summed E-state index contributed by atoms with van der Waals surface area (Å²) in [4.78, 5) is 1.16. The maximum Gasteiger partial charge on any atom is 0.0772 e. The number of halogens is 2. The SMILES string of the molecule is CCCNC(Cc1cccc(Cl)c1Cl)c1snnc1C. The van der Waals surface area contributed by atoms with Crippen molar-refractivity contribution in [3.05, 3.63) is 44.4 Å². The molecule has 0 radical (unpaired) electrons. The maximum absolute atomic E-state index is 6.28. The Kier molecular flexibility index (Phi) is 5.78. The van der Waals surface area contributed by atoms with Gasteiger partial charge in [-0.15, -0.1) is 5.10 Å². The number of hydrogen-bond donors (Lipinski definition) is 1. The number of nitrogens with zero attached hydrogens (tertiary/aromatic N) is 2. The Morgan fingerprint density at radius 1 is 1.35 bits per heavy atom. The molecule has 0 aliphatic heterocycles. The summed E-state index contributed by atoms with van der Waals surface area (Å²) in [5, 5.41) is 8.86. The molecule has 1 atom stereocenters. The Morgan fingerprint density at radius 2 is 2.15 bits per heavy atom. The normalized spacial score (nSPS) is 12.6. The molecule has 0 fully saturated rings. The molecule has 2 aromatic rings. The molecule has 1 heterocycles. The third-order valence-electron chi connectivity index (χ3n) is 3.10. The van der Waals surface area contributed by atoms with Crippen molar-refractivity contribution in [3.8, 4) is 0 Å². The van der Waals surface area contributed by atoms with E-state index in [4.69, 9.17) is 23.2 Å². The van der Waals surface area contributed by atoms with Crippen molar-refractivity contribution < 1.29 is 0 Å². The van der Waals surface area contributed by atoms with Gasteiger partial charge in [0, 0.05) is 6.04 Å². The lowest BCUT2D eigenvalue weighted by Crippen LogP contribution is -2.24. The summed E-state index contributed by atoms with van der Waals surface area (Å²) in [5.74, 6) is 0. The van der Waals surface area contributed by atoms with Gasteiger partial charge >= 0.3 is 0 Å². The predicted octanol–water partition coefficient (Wildman–Crippen LogP) is 4.44. The average molecular weight is 330 g/mol. The van der Waals surface area contributed by atoms with Crippen molar-refractivity contribution in [3.63, 3.8) is 0 Å². The van der Waals surface area contributed by atoms with E-state index in [0.717, 1.165) is 35.5 Å². The second-order valence-corrected chi connectivity index (χ2v) is 6.22. The third kappa shape index (κ3) is 3.70. The van der Waals surface area contributed by atoms with E-state index < -0.39 is 0 Å². The van der Waals surface area contributed by atoms with Crippen LogP contribution < -0.4 is 5.32 Å². The number of rotatable bonds is 6. The largest absolute Gasteiger partial charge is 0.309 e. The molecule has 1 unspecified atom stereocenters. The molecule has 0 aliphatic rings. The Balaban J connectivity index is 2.24. The second kappa shape index (κ2) is 7.36. The van der Waals surface area contributed by atoms with Gasteiger partial charge in [-0.25, -0.2) is 0 Å². The fourth-order valence-electron chi connectivity index (χ4n) is 2.06. The summed E-state index contributed by atoms with van der Waals surface area (Å²) in [5.41, 5.74) is 2.02. The molecule has 6 heteroatoms. The standard InChI is InChI=1S/C14H17Cl2N3S/c1-3-7-17-12(14-9(2)18-19-20-14)8-10-5-4-6-11(15)13(10)16/h4-6,12,17H,3,7-8H2,1-2H3. The molecule has 0 amide bonds. The molecule has 1 N–H and O–H groups in total. The Bertz CT molecular complexity index is 571. The molecule has 3 nitrogen and oxygen atoms in total. The lowest BCUT2D eigenvalue weighted by molar-refractivity contribution is 0.534. The van der Waals surface area contributed by atoms with Crippen molar-refractivity contribution in [2.75, 3.05) is 6.54 Å². The van der Waals surface area contributed by atoms with Crippen molar-refractivity contribution in [2.24, 2.45) is 0 Å². The van der Waals surface area contributed by atoms with Gasteiger partial charge in [0.05, 0.1) is 20.6 Å². The van der Waals surface area contributed by atoms with Crippen LogP contribution in [0.15, 0.2) is 18.2 Å². The molecule has 0 aliphatic carbocycles. The highest BCUT2D eigenvalue weighted by Crippen LogP contribution is 2.30. The fourth-order valence-corrected chi connectivity index (χ4v) is 3.17. The van der Waals surface area contributed by atoms with E-state index in [1.165, 1.54) is 11.5 Å². The highest BCUT2D eigenvalue weighted by molar-refractivity contribution is 7.05. The van der Waals surface area contributed by atoms with E-state index in [1.807, 2.05) is 19.1 Å². The van der Waals surface area contributed by atoms with Crippen LogP contribution in [0.5, 0.6) is 0 Å². The van der Waals surface area contributed by atoms with E-state index >= 15 is 0 Å². The van der Waals surface area contributed by atoms with E-state index in [2.05, 4.69) is 21.8 Å². The molecule has 1 aromatic carbocycles. The fraction of sp³-hybridized carbons (Fsp3) is 0.429. The molecular weight excluding hydrogens is 313 g/mol. The van der Waals surface area contributed by atoms with Gasteiger partial charge < -0.3 is 5.32 Å². The van der Waals surface area contributed by atoms with Crippen LogP contribution in [-0.4, -0.2) is 16.1 Å². The van der Waals surface area contributed by atoms with Crippen LogP contribution in [0, 0.1) is 6.92 Å². The molecule has 0 saturated carbocycles. The van der Waals surface area contributed by atoms with Crippen LogP contribution in [-0.2, 0) is 6.42 Å². The number of aromatic nitrogens is 2. The number of nitrogens with one attached hydrogen (secondary N) is 1. The summed E-state index contributed by atoms with van der Waals surface area (Å²) in [6.45, 7) is 5.08. The number of hydrogen-bond acceptors (Lipinski definition) is 4. The average Bonchev–Trinajstić information content (AvgIpc) is 2.85. The highest BCUT2D eigenvalue weighted by Gasteiger charge is 2.19. The van der Waals surface area contributed by atoms with Gasteiger partial charge in [-0.3, -0.25) is 0 Å². The second-order valence-electron chi connectivity index (χ2n) is 4.65. The number of benzene rings is 1. The van der Waals surface area contributed by atoms with Gasteiger partial charge in [0.25, 0.3) is 0 Å². The Hall–Kier alpha value is -0.680. The van der Waals surface area contributed by atoms with Crippen molar-refractivity contribution >= 4 is 34.7 Å². The Labute approximate surface area is 133 Å². The minimum atomic E-state index is 0.172. The lowest BCUT2D eigenvalue weighted by atomic mass is 10.0. The van der Waals surface area contributed by atoms with Crippen LogP contribution in [0.1, 0.15) is 35.5 Å². The highest BCUT2D eigenvalue weighted by atomic mass is 35.5. The van der Waals surface area contributed by atoms with Gasteiger partial charge in [-0.05, 0) is 49.5 Å². The summed E-state index contributed by atoms with van der Waals surface area (Å²) in [6.07, 6.45) is 1.86. The molecule has 0 bridgehead atoms. The predicted molar refractivity (Wildman–Crippen MR) is 85.8 cm³/mol. The van der Waals surface area contributed by atoms with Gasteiger partial charge in [0.15, 0.2) is 0 Å². The summed E-state index contributed by atoms with van der Waals surface area (Å²) in [6, 6.07) is 5.92. The Morgan fingerprint density at radius 3 is 2.80 bits per heavy atom. The minimum Gasteiger partial charge on any atom is -0.309 e. The van der Waals surface area contributed by atoms with Crippen LogP contribution in [0.25, 0.3) is 0 Å². The van der Waals surface area contributed by atoms with Gasteiger partial charge in [0.2, 0.25) is 0 Å². The van der Waals surface area contributed by atoms with Crippen molar-refractivity contribution in [1.29, 1.82) is 0 Å². The maximum atomic E-state index is 6.28. The zero-order valence-corrected chi connectivity index (χ0v) is 13.8. The lowest BCUT2D eigenvalue weighted by Gasteiger charge is -2.18.